The maximum atomic E-state index is 11.3. The van der Waals surface area contributed by atoms with Crippen molar-refractivity contribution in [3.63, 3.8) is 0 Å². The van der Waals surface area contributed by atoms with Gasteiger partial charge in [-0.05, 0) is 13.3 Å². The largest absolute Gasteiger partial charge is 0.481 e. The third kappa shape index (κ3) is 4.50. The molecule has 1 unspecified atom stereocenters. The standard InChI is InChI=1S/C9H17NO3/c1-4-5-8(11)10(3)7(2)6-9(12)13/h7H,4-6H2,1-3H3,(H,12,13). The number of amides is 1. The summed E-state index contributed by atoms with van der Waals surface area (Å²) in [5, 5.41) is 8.51. The highest BCUT2D eigenvalue weighted by Crippen LogP contribution is 2.04. The molecule has 0 bridgehead atoms. The van der Waals surface area contributed by atoms with E-state index in [9.17, 15) is 9.59 Å². The van der Waals surface area contributed by atoms with Gasteiger partial charge in [-0.25, -0.2) is 0 Å². The van der Waals surface area contributed by atoms with Gasteiger partial charge in [0.25, 0.3) is 0 Å². The molecule has 13 heavy (non-hydrogen) atoms. The topological polar surface area (TPSA) is 57.6 Å². The van der Waals surface area contributed by atoms with Gasteiger partial charge in [0.05, 0.1) is 6.42 Å². The van der Waals surface area contributed by atoms with E-state index in [4.69, 9.17) is 5.11 Å². The molecule has 0 aromatic rings. The van der Waals surface area contributed by atoms with Crippen LogP contribution in [0.15, 0.2) is 0 Å². The minimum atomic E-state index is -0.872. The van der Waals surface area contributed by atoms with Crippen LogP contribution in [0, 0.1) is 0 Å². The smallest absolute Gasteiger partial charge is 0.305 e. The van der Waals surface area contributed by atoms with Crippen molar-refractivity contribution in [1.82, 2.24) is 4.90 Å². The van der Waals surface area contributed by atoms with Gasteiger partial charge in [-0.15, -0.1) is 0 Å². The molecule has 0 fully saturated rings. The van der Waals surface area contributed by atoms with Crippen LogP contribution in [0.3, 0.4) is 0 Å². The summed E-state index contributed by atoms with van der Waals surface area (Å²) < 4.78 is 0. The van der Waals surface area contributed by atoms with Crippen molar-refractivity contribution >= 4 is 11.9 Å². The number of carbonyl (C=O) groups excluding carboxylic acids is 1. The average molecular weight is 187 g/mol. The van der Waals surface area contributed by atoms with Crippen molar-refractivity contribution in [3.8, 4) is 0 Å². The fourth-order valence-corrected chi connectivity index (χ4v) is 1.03. The van der Waals surface area contributed by atoms with Crippen molar-refractivity contribution in [2.24, 2.45) is 0 Å². The molecule has 0 aliphatic rings. The highest BCUT2D eigenvalue weighted by molar-refractivity contribution is 5.77. The molecule has 0 saturated carbocycles. The van der Waals surface area contributed by atoms with Crippen molar-refractivity contribution in [3.05, 3.63) is 0 Å². The minimum absolute atomic E-state index is 0.00591. The number of nitrogens with zero attached hydrogens (tertiary/aromatic N) is 1. The molecular weight excluding hydrogens is 170 g/mol. The number of hydrogen-bond acceptors (Lipinski definition) is 2. The zero-order valence-corrected chi connectivity index (χ0v) is 8.41. The van der Waals surface area contributed by atoms with Crippen molar-refractivity contribution in [1.29, 1.82) is 0 Å². The molecule has 1 N–H and O–H groups in total. The Balaban J connectivity index is 4.00. The van der Waals surface area contributed by atoms with Crippen LogP contribution < -0.4 is 0 Å². The summed E-state index contributed by atoms with van der Waals surface area (Å²) in [4.78, 5) is 23.2. The summed E-state index contributed by atoms with van der Waals surface area (Å²) in [7, 11) is 1.64. The first kappa shape index (κ1) is 11.9. The van der Waals surface area contributed by atoms with Crippen LogP contribution in [-0.4, -0.2) is 35.0 Å². The second-order valence-electron chi connectivity index (χ2n) is 3.20. The van der Waals surface area contributed by atoms with Crippen LogP contribution in [0.2, 0.25) is 0 Å². The number of carboxylic acids is 1. The van der Waals surface area contributed by atoms with E-state index in [0.717, 1.165) is 6.42 Å². The number of hydrogen-bond donors (Lipinski definition) is 1. The van der Waals surface area contributed by atoms with Gasteiger partial charge in [0, 0.05) is 19.5 Å². The molecule has 0 spiro atoms. The molecule has 0 aromatic carbocycles. The zero-order valence-electron chi connectivity index (χ0n) is 8.41. The van der Waals surface area contributed by atoms with Gasteiger partial charge < -0.3 is 10.0 Å². The Labute approximate surface area is 78.5 Å². The highest BCUT2D eigenvalue weighted by atomic mass is 16.4. The van der Waals surface area contributed by atoms with E-state index in [-0.39, 0.29) is 18.4 Å². The molecule has 76 valence electrons. The zero-order chi connectivity index (χ0) is 10.4. The number of carboxylic acid groups (broad SMARTS) is 1. The van der Waals surface area contributed by atoms with Crippen molar-refractivity contribution in [2.75, 3.05) is 7.05 Å². The predicted molar refractivity (Wildman–Crippen MR) is 49.4 cm³/mol. The quantitative estimate of drug-likeness (QED) is 0.701. The van der Waals surface area contributed by atoms with E-state index in [0.29, 0.717) is 6.42 Å². The molecule has 0 rings (SSSR count). The molecule has 0 saturated heterocycles. The molecule has 0 aliphatic carbocycles. The fraction of sp³-hybridized carbons (Fsp3) is 0.778. The maximum absolute atomic E-state index is 11.3. The van der Waals surface area contributed by atoms with Gasteiger partial charge in [-0.1, -0.05) is 6.92 Å². The molecule has 1 amide bonds. The Kier molecular flexibility index (Phi) is 5.11. The first-order valence-corrected chi connectivity index (χ1v) is 4.46. The average Bonchev–Trinajstić information content (AvgIpc) is 2.02. The summed E-state index contributed by atoms with van der Waals surface area (Å²) in [6.45, 7) is 3.66. The van der Waals surface area contributed by atoms with Crippen LogP contribution >= 0.6 is 0 Å². The van der Waals surface area contributed by atoms with Crippen molar-refractivity contribution < 1.29 is 14.7 Å². The van der Waals surface area contributed by atoms with Gasteiger partial charge in [0.2, 0.25) is 5.91 Å². The normalized spacial score (nSPS) is 12.2. The first-order valence-electron chi connectivity index (χ1n) is 4.46. The first-order chi connectivity index (χ1) is 5.99. The Hall–Kier alpha value is -1.06. The minimum Gasteiger partial charge on any atom is -0.481 e. The van der Waals surface area contributed by atoms with E-state index in [1.54, 1.807) is 14.0 Å². The second kappa shape index (κ2) is 5.56. The molecular formula is C9H17NO3. The maximum Gasteiger partial charge on any atom is 0.305 e. The Morgan fingerprint density at radius 1 is 1.46 bits per heavy atom. The van der Waals surface area contributed by atoms with Gasteiger partial charge in [-0.2, -0.15) is 0 Å². The summed E-state index contributed by atoms with van der Waals surface area (Å²) in [6, 6.07) is -0.225. The summed E-state index contributed by atoms with van der Waals surface area (Å²) >= 11 is 0. The molecule has 0 radical (unpaired) electrons. The molecule has 4 heteroatoms. The van der Waals surface area contributed by atoms with Crippen LogP contribution in [0.1, 0.15) is 33.1 Å². The lowest BCUT2D eigenvalue weighted by molar-refractivity contribution is -0.139. The van der Waals surface area contributed by atoms with Crippen molar-refractivity contribution in [2.45, 2.75) is 39.2 Å². The van der Waals surface area contributed by atoms with E-state index >= 15 is 0 Å². The van der Waals surface area contributed by atoms with Crippen LogP contribution in [0.4, 0.5) is 0 Å². The van der Waals surface area contributed by atoms with E-state index in [1.165, 1.54) is 4.90 Å². The van der Waals surface area contributed by atoms with Gasteiger partial charge in [0.15, 0.2) is 0 Å². The lowest BCUT2D eigenvalue weighted by Gasteiger charge is -2.23. The van der Waals surface area contributed by atoms with Crippen LogP contribution in [0.5, 0.6) is 0 Å². The number of carbonyl (C=O) groups is 2. The van der Waals surface area contributed by atoms with Crippen LogP contribution in [-0.2, 0) is 9.59 Å². The summed E-state index contributed by atoms with van der Waals surface area (Å²) in [5.41, 5.74) is 0. The third-order valence-electron chi connectivity index (χ3n) is 1.99. The molecule has 4 nitrogen and oxygen atoms in total. The second-order valence-corrected chi connectivity index (χ2v) is 3.20. The number of rotatable bonds is 5. The fourth-order valence-electron chi connectivity index (χ4n) is 1.03. The highest BCUT2D eigenvalue weighted by Gasteiger charge is 2.16. The monoisotopic (exact) mass is 187 g/mol. The lowest BCUT2D eigenvalue weighted by Crippen LogP contribution is -2.36. The lowest BCUT2D eigenvalue weighted by atomic mass is 10.2. The van der Waals surface area contributed by atoms with Gasteiger partial charge in [0.1, 0.15) is 0 Å². The Morgan fingerprint density at radius 3 is 2.38 bits per heavy atom. The van der Waals surface area contributed by atoms with Gasteiger partial charge >= 0.3 is 5.97 Å². The SMILES string of the molecule is CCCC(=O)N(C)C(C)CC(=O)O. The van der Waals surface area contributed by atoms with E-state index in [1.807, 2.05) is 6.92 Å². The molecule has 0 aliphatic heterocycles. The molecule has 1 atom stereocenters. The van der Waals surface area contributed by atoms with E-state index in [2.05, 4.69) is 0 Å². The van der Waals surface area contributed by atoms with E-state index < -0.39 is 5.97 Å². The third-order valence-corrected chi connectivity index (χ3v) is 1.99. The molecule has 0 heterocycles. The number of aliphatic carboxylic acids is 1. The molecule has 0 aromatic heterocycles. The summed E-state index contributed by atoms with van der Waals surface area (Å²) in [5.74, 6) is -0.861. The van der Waals surface area contributed by atoms with Crippen LogP contribution in [0.25, 0.3) is 0 Å². The predicted octanol–water partition coefficient (Wildman–Crippen LogP) is 1.11. The summed E-state index contributed by atoms with van der Waals surface area (Å²) in [6.07, 6.45) is 1.29. The Morgan fingerprint density at radius 2 is 2.00 bits per heavy atom. The Bertz CT molecular complexity index is 191. The van der Waals surface area contributed by atoms with Gasteiger partial charge in [-0.3, -0.25) is 9.59 Å².